The molecule has 1 fully saturated rings. The van der Waals surface area contributed by atoms with Crippen LogP contribution in [0.25, 0.3) is 0 Å². The molecule has 1 heterocycles. The first-order valence-electron chi connectivity index (χ1n) is 9.37. The van der Waals surface area contributed by atoms with Gasteiger partial charge in [-0.25, -0.2) is 0 Å². The molecule has 0 saturated carbocycles. The molecular formula is C23H28INO. The summed E-state index contributed by atoms with van der Waals surface area (Å²) >= 11 is 2.45. The maximum atomic E-state index is 13.5. The van der Waals surface area contributed by atoms with Gasteiger partial charge in [-0.05, 0) is 28.9 Å². The molecule has 2 aromatic rings. The van der Waals surface area contributed by atoms with E-state index in [9.17, 15) is 4.79 Å². The normalized spacial score (nSPS) is 20.8. The second-order valence-corrected chi connectivity index (χ2v) is 9.38. The van der Waals surface area contributed by atoms with E-state index in [1.54, 1.807) is 0 Å². The van der Waals surface area contributed by atoms with Gasteiger partial charge in [-0.2, -0.15) is 0 Å². The first-order valence-corrected chi connectivity index (χ1v) is 10.9. The molecule has 0 spiro atoms. The van der Waals surface area contributed by atoms with Gasteiger partial charge in [-0.3, -0.25) is 4.79 Å². The van der Waals surface area contributed by atoms with Crippen LogP contribution in [-0.2, 0) is 4.79 Å². The van der Waals surface area contributed by atoms with Gasteiger partial charge in [-0.1, -0.05) is 104 Å². The Morgan fingerprint density at radius 3 is 1.92 bits per heavy atom. The van der Waals surface area contributed by atoms with Gasteiger partial charge in [0.1, 0.15) is 0 Å². The molecule has 0 aliphatic carbocycles. The number of benzene rings is 2. The molecule has 1 amide bonds. The van der Waals surface area contributed by atoms with Gasteiger partial charge in [0.25, 0.3) is 0 Å². The maximum Gasteiger partial charge on any atom is 0.226 e. The molecule has 3 heteroatoms. The fourth-order valence-electron chi connectivity index (χ4n) is 4.01. The number of hydrogen-bond acceptors (Lipinski definition) is 1. The number of carbonyl (C=O) groups excluding carboxylic acids is 1. The SMILES string of the molecule is CC(C)(C)C[C@H]1C(=O)N(C(c2ccccc2)c2ccccc2)C[C@@H]1CI. The van der Waals surface area contributed by atoms with Crippen molar-refractivity contribution in [1.29, 1.82) is 0 Å². The second kappa shape index (κ2) is 8.12. The van der Waals surface area contributed by atoms with E-state index in [-0.39, 0.29) is 17.4 Å². The summed E-state index contributed by atoms with van der Waals surface area (Å²) in [5.74, 6) is 0.873. The van der Waals surface area contributed by atoms with Crippen molar-refractivity contribution in [1.82, 2.24) is 4.90 Å². The van der Waals surface area contributed by atoms with E-state index < -0.39 is 0 Å². The van der Waals surface area contributed by atoms with Crippen LogP contribution in [0.15, 0.2) is 60.7 Å². The van der Waals surface area contributed by atoms with Crippen LogP contribution in [0, 0.1) is 17.3 Å². The first kappa shape index (κ1) is 19.4. The van der Waals surface area contributed by atoms with Gasteiger partial charge in [0.2, 0.25) is 5.91 Å². The number of alkyl halides is 1. The van der Waals surface area contributed by atoms with Gasteiger partial charge < -0.3 is 4.90 Å². The van der Waals surface area contributed by atoms with Crippen LogP contribution in [0.4, 0.5) is 0 Å². The predicted molar refractivity (Wildman–Crippen MR) is 116 cm³/mol. The predicted octanol–water partition coefficient (Wildman–Crippen LogP) is 5.72. The Kier molecular flexibility index (Phi) is 6.06. The fourth-order valence-corrected chi connectivity index (χ4v) is 4.90. The standard InChI is InChI=1S/C23H28INO/c1-23(2,3)14-20-19(15-24)16-25(22(20)26)21(17-10-6-4-7-11-17)18-12-8-5-9-13-18/h4-13,19-21H,14-16H2,1-3H3/t19-,20+/m0/s1. The Balaban J connectivity index is 1.98. The lowest BCUT2D eigenvalue weighted by molar-refractivity contribution is -0.133. The molecule has 0 radical (unpaired) electrons. The summed E-state index contributed by atoms with van der Waals surface area (Å²) in [5, 5.41) is 0. The average molecular weight is 461 g/mol. The van der Waals surface area contributed by atoms with E-state index in [1.807, 2.05) is 12.1 Å². The first-order chi connectivity index (χ1) is 12.4. The number of rotatable bonds is 5. The van der Waals surface area contributed by atoms with Crippen molar-refractivity contribution in [2.45, 2.75) is 33.2 Å². The summed E-state index contributed by atoms with van der Waals surface area (Å²) < 4.78 is 1.02. The highest BCUT2D eigenvalue weighted by molar-refractivity contribution is 14.1. The van der Waals surface area contributed by atoms with Crippen LogP contribution in [0.1, 0.15) is 44.4 Å². The van der Waals surface area contributed by atoms with Crippen molar-refractivity contribution in [3.63, 3.8) is 0 Å². The molecule has 3 rings (SSSR count). The Morgan fingerprint density at radius 2 is 1.50 bits per heavy atom. The summed E-state index contributed by atoms with van der Waals surface area (Å²) in [6.45, 7) is 7.55. The van der Waals surface area contributed by atoms with Crippen molar-refractivity contribution >= 4 is 28.5 Å². The molecule has 0 bridgehead atoms. The van der Waals surface area contributed by atoms with Gasteiger partial charge >= 0.3 is 0 Å². The Labute approximate surface area is 171 Å². The smallest absolute Gasteiger partial charge is 0.226 e. The largest absolute Gasteiger partial charge is 0.331 e. The van der Waals surface area contributed by atoms with Gasteiger partial charge in [-0.15, -0.1) is 0 Å². The van der Waals surface area contributed by atoms with Gasteiger partial charge in [0.05, 0.1) is 6.04 Å². The van der Waals surface area contributed by atoms with E-state index in [0.29, 0.717) is 11.8 Å². The quantitative estimate of drug-likeness (QED) is 0.412. The van der Waals surface area contributed by atoms with Crippen LogP contribution in [0.5, 0.6) is 0 Å². The van der Waals surface area contributed by atoms with Crippen molar-refractivity contribution in [3.8, 4) is 0 Å². The van der Waals surface area contributed by atoms with Gasteiger partial charge in [0.15, 0.2) is 0 Å². The lowest BCUT2D eigenvalue weighted by atomic mass is 9.80. The summed E-state index contributed by atoms with van der Waals surface area (Å²) in [5.41, 5.74) is 2.54. The Hall–Kier alpha value is -1.36. The van der Waals surface area contributed by atoms with E-state index in [2.05, 4.69) is 96.8 Å². The Bertz CT molecular complexity index is 683. The van der Waals surface area contributed by atoms with Crippen molar-refractivity contribution in [3.05, 3.63) is 71.8 Å². The van der Waals surface area contributed by atoms with Crippen LogP contribution >= 0.6 is 22.6 Å². The molecular weight excluding hydrogens is 433 g/mol. The molecule has 2 atom stereocenters. The van der Waals surface area contributed by atoms with Crippen LogP contribution in [0.3, 0.4) is 0 Å². The highest BCUT2D eigenvalue weighted by Gasteiger charge is 2.44. The van der Waals surface area contributed by atoms with Crippen molar-refractivity contribution in [2.24, 2.45) is 17.3 Å². The minimum Gasteiger partial charge on any atom is -0.331 e. The number of nitrogens with zero attached hydrogens (tertiary/aromatic N) is 1. The van der Waals surface area contributed by atoms with Crippen molar-refractivity contribution < 1.29 is 4.79 Å². The molecule has 2 aromatic carbocycles. The molecule has 1 aliphatic rings. The van der Waals surface area contributed by atoms with E-state index in [1.165, 1.54) is 11.1 Å². The van der Waals surface area contributed by atoms with E-state index >= 15 is 0 Å². The van der Waals surface area contributed by atoms with Crippen LogP contribution in [0.2, 0.25) is 0 Å². The molecule has 0 aromatic heterocycles. The molecule has 1 saturated heterocycles. The monoisotopic (exact) mass is 461 g/mol. The molecule has 138 valence electrons. The number of halogens is 1. The zero-order chi connectivity index (χ0) is 18.7. The van der Waals surface area contributed by atoms with E-state index in [0.717, 1.165) is 17.4 Å². The minimum atomic E-state index is 0.000295. The number of hydrogen-bond donors (Lipinski definition) is 0. The average Bonchev–Trinajstić information content (AvgIpc) is 2.92. The zero-order valence-corrected chi connectivity index (χ0v) is 18.0. The summed E-state index contributed by atoms with van der Waals surface area (Å²) in [6, 6.07) is 20.9. The molecule has 2 nitrogen and oxygen atoms in total. The highest BCUT2D eigenvalue weighted by Crippen LogP contribution is 2.41. The molecule has 0 N–H and O–H groups in total. The summed E-state index contributed by atoms with van der Waals surface area (Å²) in [6.07, 6.45) is 0.951. The zero-order valence-electron chi connectivity index (χ0n) is 15.9. The molecule has 1 aliphatic heterocycles. The lowest BCUT2D eigenvalue weighted by Gasteiger charge is -2.30. The third kappa shape index (κ3) is 4.30. The number of carbonyl (C=O) groups is 1. The lowest BCUT2D eigenvalue weighted by Crippen LogP contribution is -2.33. The van der Waals surface area contributed by atoms with Crippen LogP contribution in [-0.4, -0.2) is 21.8 Å². The highest BCUT2D eigenvalue weighted by atomic mass is 127. The third-order valence-corrected chi connectivity index (χ3v) is 6.30. The summed E-state index contributed by atoms with van der Waals surface area (Å²) in [7, 11) is 0. The minimum absolute atomic E-state index is 0.000295. The topological polar surface area (TPSA) is 20.3 Å². The van der Waals surface area contributed by atoms with E-state index in [4.69, 9.17) is 0 Å². The van der Waals surface area contributed by atoms with Gasteiger partial charge in [0, 0.05) is 16.9 Å². The Morgan fingerprint density at radius 1 is 1.00 bits per heavy atom. The number of likely N-dealkylation sites (tertiary alicyclic amines) is 1. The molecule has 0 unspecified atom stereocenters. The van der Waals surface area contributed by atoms with Crippen LogP contribution < -0.4 is 0 Å². The third-order valence-electron chi connectivity index (χ3n) is 5.17. The maximum absolute atomic E-state index is 13.5. The molecule has 26 heavy (non-hydrogen) atoms. The fraction of sp³-hybridized carbons (Fsp3) is 0.435. The summed E-state index contributed by atoms with van der Waals surface area (Å²) in [4.78, 5) is 15.6. The van der Waals surface area contributed by atoms with Crippen molar-refractivity contribution in [2.75, 3.05) is 11.0 Å². The second-order valence-electron chi connectivity index (χ2n) is 8.50. The number of amides is 1.